The summed E-state index contributed by atoms with van der Waals surface area (Å²) in [5.41, 5.74) is 0. The predicted molar refractivity (Wildman–Crippen MR) is 50.3 cm³/mol. The van der Waals surface area contributed by atoms with E-state index in [9.17, 15) is 4.79 Å². The maximum Gasteiger partial charge on any atom is 0.306 e. The summed E-state index contributed by atoms with van der Waals surface area (Å²) in [5.74, 6) is -0.157. The maximum atomic E-state index is 10.8. The average molecular weight is 239 g/mol. The van der Waals surface area contributed by atoms with Crippen LogP contribution in [0.15, 0.2) is 0 Å². The number of unbranched alkanes of at least 4 members (excludes halogenated alkanes) is 2. The summed E-state index contributed by atoms with van der Waals surface area (Å²) >= 11 is 3.15. The summed E-state index contributed by atoms with van der Waals surface area (Å²) in [6, 6.07) is 0. The molecule has 0 aliphatic heterocycles. The van der Waals surface area contributed by atoms with Gasteiger partial charge in [-0.05, 0) is 19.3 Å². The van der Waals surface area contributed by atoms with Crippen molar-refractivity contribution in [3.05, 3.63) is 0 Å². The molecule has 0 radical (unpaired) electrons. The highest BCUT2D eigenvalue weighted by molar-refractivity contribution is 9.09. The number of alkyl halides is 1. The lowest BCUT2D eigenvalue weighted by Crippen LogP contribution is -2.06. The van der Waals surface area contributed by atoms with Crippen LogP contribution in [0.1, 0.15) is 25.7 Å². The summed E-state index contributed by atoms with van der Waals surface area (Å²) in [5, 5.41) is 9.10. The van der Waals surface area contributed by atoms with Crippen molar-refractivity contribution in [2.24, 2.45) is 0 Å². The lowest BCUT2D eigenvalue weighted by Gasteiger charge is -2.02. The molecular formula is C8H15BrO3. The van der Waals surface area contributed by atoms with E-state index < -0.39 is 0 Å². The molecule has 0 aromatic rings. The molecule has 0 spiro atoms. The standard InChI is InChI=1S/C8H15BrO3/c9-5-4-8(11)12-7-3-1-2-6-10/h10H,1-7H2. The van der Waals surface area contributed by atoms with Gasteiger partial charge in [0.25, 0.3) is 0 Å². The van der Waals surface area contributed by atoms with Gasteiger partial charge in [-0.3, -0.25) is 4.79 Å². The number of halogens is 1. The zero-order valence-electron chi connectivity index (χ0n) is 7.09. The number of aliphatic hydroxyl groups excluding tert-OH is 1. The summed E-state index contributed by atoms with van der Waals surface area (Å²) in [6.07, 6.45) is 2.97. The molecule has 0 bridgehead atoms. The van der Waals surface area contributed by atoms with Gasteiger partial charge in [-0.2, -0.15) is 0 Å². The summed E-state index contributed by atoms with van der Waals surface area (Å²) in [4.78, 5) is 10.8. The highest BCUT2D eigenvalue weighted by atomic mass is 79.9. The van der Waals surface area contributed by atoms with E-state index in [0.29, 0.717) is 18.4 Å². The average Bonchev–Trinajstić information content (AvgIpc) is 2.05. The number of aliphatic hydroxyl groups is 1. The van der Waals surface area contributed by atoms with E-state index in [2.05, 4.69) is 15.9 Å². The van der Waals surface area contributed by atoms with Crippen molar-refractivity contribution in [1.29, 1.82) is 0 Å². The zero-order valence-corrected chi connectivity index (χ0v) is 8.68. The molecule has 0 saturated heterocycles. The minimum atomic E-state index is -0.157. The first kappa shape index (κ1) is 11.9. The number of hydrogen-bond acceptors (Lipinski definition) is 3. The molecule has 0 aromatic heterocycles. The summed E-state index contributed by atoms with van der Waals surface area (Å²) in [6.45, 7) is 0.696. The van der Waals surface area contributed by atoms with Gasteiger partial charge >= 0.3 is 5.97 Å². The zero-order chi connectivity index (χ0) is 9.23. The largest absolute Gasteiger partial charge is 0.466 e. The van der Waals surface area contributed by atoms with Crippen molar-refractivity contribution in [2.75, 3.05) is 18.5 Å². The van der Waals surface area contributed by atoms with Gasteiger partial charge in [0.05, 0.1) is 13.0 Å². The van der Waals surface area contributed by atoms with Gasteiger partial charge in [0.1, 0.15) is 0 Å². The molecule has 0 heterocycles. The Bertz CT molecular complexity index is 117. The molecule has 0 atom stereocenters. The first-order valence-corrected chi connectivity index (χ1v) is 5.26. The fourth-order valence-electron chi connectivity index (χ4n) is 0.726. The second-order valence-corrected chi connectivity index (χ2v) is 3.24. The van der Waals surface area contributed by atoms with Gasteiger partial charge in [-0.1, -0.05) is 15.9 Å². The van der Waals surface area contributed by atoms with Gasteiger partial charge < -0.3 is 9.84 Å². The molecule has 4 heteroatoms. The van der Waals surface area contributed by atoms with E-state index >= 15 is 0 Å². The third-order valence-electron chi connectivity index (χ3n) is 1.36. The number of hydrogen-bond donors (Lipinski definition) is 1. The van der Waals surface area contributed by atoms with Gasteiger partial charge in [0.2, 0.25) is 0 Å². The van der Waals surface area contributed by atoms with Crippen molar-refractivity contribution >= 4 is 21.9 Å². The van der Waals surface area contributed by atoms with Crippen LogP contribution in [0.4, 0.5) is 0 Å². The van der Waals surface area contributed by atoms with Crippen molar-refractivity contribution in [3.8, 4) is 0 Å². The van der Waals surface area contributed by atoms with E-state index in [4.69, 9.17) is 9.84 Å². The monoisotopic (exact) mass is 238 g/mol. The normalized spacial score (nSPS) is 9.83. The Balaban J connectivity index is 3.03. The number of esters is 1. The Hall–Kier alpha value is -0.0900. The van der Waals surface area contributed by atoms with Crippen LogP contribution in [0.3, 0.4) is 0 Å². The van der Waals surface area contributed by atoms with Crippen LogP contribution in [-0.2, 0) is 9.53 Å². The SMILES string of the molecule is O=C(CCBr)OCCCCCO. The van der Waals surface area contributed by atoms with E-state index in [-0.39, 0.29) is 12.6 Å². The lowest BCUT2D eigenvalue weighted by atomic mass is 10.2. The molecule has 0 fully saturated rings. The topological polar surface area (TPSA) is 46.5 Å². The van der Waals surface area contributed by atoms with Crippen molar-refractivity contribution < 1.29 is 14.6 Å². The molecular weight excluding hydrogens is 224 g/mol. The van der Waals surface area contributed by atoms with Crippen LogP contribution in [0.5, 0.6) is 0 Å². The molecule has 0 aromatic carbocycles. The number of rotatable bonds is 7. The highest BCUT2D eigenvalue weighted by Crippen LogP contribution is 1.97. The lowest BCUT2D eigenvalue weighted by molar-refractivity contribution is -0.143. The fourth-order valence-corrected chi connectivity index (χ4v) is 1.05. The third kappa shape index (κ3) is 8.01. The Morgan fingerprint density at radius 1 is 1.33 bits per heavy atom. The molecule has 0 saturated carbocycles. The van der Waals surface area contributed by atoms with Crippen molar-refractivity contribution in [3.63, 3.8) is 0 Å². The first-order valence-electron chi connectivity index (χ1n) is 4.13. The highest BCUT2D eigenvalue weighted by Gasteiger charge is 1.99. The molecule has 0 amide bonds. The van der Waals surface area contributed by atoms with Crippen LogP contribution in [-0.4, -0.2) is 29.6 Å². The Morgan fingerprint density at radius 2 is 2.08 bits per heavy atom. The summed E-state index contributed by atoms with van der Waals surface area (Å²) in [7, 11) is 0. The molecule has 0 unspecified atom stereocenters. The molecule has 72 valence electrons. The van der Waals surface area contributed by atoms with E-state index in [1.807, 2.05) is 0 Å². The first-order chi connectivity index (χ1) is 5.81. The fraction of sp³-hybridized carbons (Fsp3) is 0.875. The van der Waals surface area contributed by atoms with Crippen molar-refractivity contribution in [1.82, 2.24) is 0 Å². The van der Waals surface area contributed by atoms with Crippen LogP contribution >= 0.6 is 15.9 Å². The van der Waals surface area contributed by atoms with Gasteiger partial charge in [-0.15, -0.1) is 0 Å². The van der Waals surface area contributed by atoms with Gasteiger partial charge in [0, 0.05) is 11.9 Å². The molecule has 0 aliphatic carbocycles. The smallest absolute Gasteiger partial charge is 0.306 e. The van der Waals surface area contributed by atoms with E-state index in [0.717, 1.165) is 19.3 Å². The summed E-state index contributed by atoms with van der Waals surface area (Å²) < 4.78 is 4.88. The Labute approximate surface area is 81.2 Å². The van der Waals surface area contributed by atoms with E-state index in [1.165, 1.54) is 0 Å². The van der Waals surface area contributed by atoms with Crippen LogP contribution < -0.4 is 0 Å². The number of carbonyl (C=O) groups is 1. The number of ether oxygens (including phenoxy) is 1. The molecule has 1 N–H and O–H groups in total. The third-order valence-corrected chi connectivity index (χ3v) is 1.76. The molecule has 3 nitrogen and oxygen atoms in total. The number of carbonyl (C=O) groups excluding carboxylic acids is 1. The second-order valence-electron chi connectivity index (χ2n) is 2.44. The minimum absolute atomic E-state index is 0.157. The van der Waals surface area contributed by atoms with Gasteiger partial charge in [0.15, 0.2) is 0 Å². The van der Waals surface area contributed by atoms with Crippen LogP contribution in [0.25, 0.3) is 0 Å². The molecule has 0 rings (SSSR count). The second kappa shape index (κ2) is 9.00. The Kier molecular flexibility index (Phi) is 8.93. The molecule has 0 aliphatic rings. The van der Waals surface area contributed by atoms with Crippen LogP contribution in [0.2, 0.25) is 0 Å². The minimum Gasteiger partial charge on any atom is -0.466 e. The van der Waals surface area contributed by atoms with Crippen molar-refractivity contribution in [2.45, 2.75) is 25.7 Å². The Morgan fingerprint density at radius 3 is 2.67 bits per heavy atom. The predicted octanol–water partition coefficient (Wildman–Crippen LogP) is 1.48. The quantitative estimate of drug-likeness (QED) is 0.416. The van der Waals surface area contributed by atoms with E-state index in [1.54, 1.807) is 0 Å². The van der Waals surface area contributed by atoms with Gasteiger partial charge in [-0.25, -0.2) is 0 Å². The van der Waals surface area contributed by atoms with Crippen LogP contribution in [0, 0.1) is 0 Å². The maximum absolute atomic E-state index is 10.8. The molecule has 12 heavy (non-hydrogen) atoms.